The van der Waals surface area contributed by atoms with E-state index in [0.29, 0.717) is 0 Å². The fourth-order valence-corrected chi connectivity index (χ4v) is 3.07. The molecule has 16 heavy (non-hydrogen) atoms. The molecule has 0 atom stereocenters. The highest BCUT2D eigenvalue weighted by atomic mass is 32.2. The molecule has 0 spiro atoms. The van der Waals surface area contributed by atoms with Crippen molar-refractivity contribution >= 4 is 28.1 Å². The molecule has 0 unspecified atom stereocenters. The molecule has 3 rings (SSSR count). The number of carbonyl (C=O) groups excluding carboxylic acids is 1. The number of benzene rings is 1. The SMILES string of the molecule is O=CC1=C(c2ccccc2)SC2=NCCN21. The Hall–Kier alpha value is -1.55. The van der Waals surface area contributed by atoms with Crippen LogP contribution in [0.5, 0.6) is 0 Å². The zero-order valence-electron chi connectivity index (χ0n) is 8.59. The Morgan fingerprint density at radius 2 is 2.12 bits per heavy atom. The van der Waals surface area contributed by atoms with Gasteiger partial charge in [0, 0.05) is 11.4 Å². The maximum atomic E-state index is 11.2. The van der Waals surface area contributed by atoms with Crippen LogP contribution in [0.4, 0.5) is 0 Å². The Morgan fingerprint density at radius 1 is 1.31 bits per heavy atom. The summed E-state index contributed by atoms with van der Waals surface area (Å²) in [6.45, 7) is 1.62. The number of aldehydes is 1. The minimum atomic E-state index is 0.757. The maximum absolute atomic E-state index is 11.2. The minimum absolute atomic E-state index is 0.757. The molecule has 0 saturated heterocycles. The second-order valence-corrected chi connectivity index (χ2v) is 4.59. The molecule has 0 fully saturated rings. The molecule has 2 aliphatic rings. The lowest BCUT2D eigenvalue weighted by Gasteiger charge is -2.10. The van der Waals surface area contributed by atoms with Gasteiger partial charge in [-0.05, 0) is 17.3 Å². The number of rotatable bonds is 2. The van der Waals surface area contributed by atoms with Gasteiger partial charge < -0.3 is 4.90 Å². The fourth-order valence-electron chi connectivity index (χ4n) is 1.92. The third kappa shape index (κ3) is 1.38. The minimum Gasteiger partial charge on any atom is -0.315 e. The van der Waals surface area contributed by atoms with Crippen molar-refractivity contribution in [2.24, 2.45) is 4.99 Å². The van der Waals surface area contributed by atoms with Crippen molar-refractivity contribution in [3.8, 4) is 0 Å². The van der Waals surface area contributed by atoms with Crippen molar-refractivity contribution in [2.45, 2.75) is 0 Å². The van der Waals surface area contributed by atoms with E-state index in [-0.39, 0.29) is 0 Å². The number of thioether (sulfide) groups is 1. The highest BCUT2D eigenvalue weighted by Gasteiger charge is 2.32. The van der Waals surface area contributed by atoms with Crippen LogP contribution in [0.1, 0.15) is 5.56 Å². The van der Waals surface area contributed by atoms with Crippen LogP contribution >= 0.6 is 11.8 Å². The Labute approximate surface area is 97.9 Å². The van der Waals surface area contributed by atoms with E-state index in [1.165, 1.54) is 0 Å². The molecule has 1 aromatic rings. The lowest BCUT2D eigenvalue weighted by atomic mass is 10.2. The summed E-state index contributed by atoms with van der Waals surface area (Å²) in [5, 5.41) is 0.959. The number of aliphatic imine (C=N–C) groups is 1. The second-order valence-electron chi connectivity index (χ2n) is 3.62. The lowest BCUT2D eigenvalue weighted by Crippen LogP contribution is -2.21. The Morgan fingerprint density at radius 3 is 2.88 bits per heavy atom. The topological polar surface area (TPSA) is 32.7 Å². The Balaban J connectivity index is 2.07. The van der Waals surface area contributed by atoms with Crippen LogP contribution < -0.4 is 0 Å². The number of amidine groups is 1. The van der Waals surface area contributed by atoms with Crippen LogP contribution in [0, 0.1) is 0 Å². The van der Waals surface area contributed by atoms with E-state index >= 15 is 0 Å². The molecular weight excluding hydrogens is 220 g/mol. The number of hydrogen-bond donors (Lipinski definition) is 0. The summed E-state index contributed by atoms with van der Waals surface area (Å²) in [4.78, 5) is 18.6. The molecule has 0 radical (unpaired) electrons. The number of allylic oxidation sites excluding steroid dienone is 1. The summed E-state index contributed by atoms with van der Waals surface area (Å²) in [5.41, 5.74) is 1.85. The van der Waals surface area contributed by atoms with Crippen molar-refractivity contribution in [1.82, 2.24) is 4.90 Å². The largest absolute Gasteiger partial charge is 0.315 e. The van der Waals surface area contributed by atoms with E-state index in [1.807, 2.05) is 35.2 Å². The third-order valence-corrected chi connectivity index (χ3v) is 3.85. The summed E-state index contributed by atoms with van der Waals surface area (Å²) in [6, 6.07) is 9.99. The first-order valence-electron chi connectivity index (χ1n) is 5.15. The van der Waals surface area contributed by atoms with Gasteiger partial charge in [-0.15, -0.1) is 0 Å². The van der Waals surface area contributed by atoms with Gasteiger partial charge in [-0.2, -0.15) is 0 Å². The normalized spacial score (nSPS) is 18.8. The molecule has 2 aliphatic heterocycles. The predicted molar refractivity (Wildman–Crippen MR) is 66.0 cm³/mol. The molecule has 3 nitrogen and oxygen atoms in total. The van der Waals surface area contributed by atoms with Gasteiger partial charge in [0.15, 0.2) is 11.5 Å². The molecule has 0 N–H and O–H groups in total. The van der Waals surface area contributed by atoms with Crippen molar-refractivity contribution in [2.75, 3.05) is 13.1 Å². The molecular formula is C12H10N2OS. The first-order chi connectivity index (χ1) is 7.90. The number of nitrogens with zero attached hydrogens (tertiary/aromatic N) is 2. The summed E-state index contributed by atoms with van der Waals surface area (Å²) >= 11 is 1.59. The Kier molecular flexibility index (Phi) is 2.29. The van der Waals surface area contributed by atoms with Gasteiger partial charge in [-0.1, -0.05) is 30.3 Å². The van der Waals surface area contributed by atoms with E-state index in [2.05, 4.69) is 4.99 Å². The number of fused-ring (bicyclic) bond motifs is 1. The van der Waals surface area contributed by atoms with Gasteiger partial charge in [0.2, 0.25) is 0 Å². The standard InChI is InChI=1S/C12H10N2OS/c15-8-10-11(9-4-2-1-3-5-9)16-12-13-6-7-14(10)12/h1-5,8H,6-7H2. The van der Waals surface area contributed by atoms with E-state index in [0.717, 1.165) is 40.7 Å². The summed E-state index contributed by atoms with van der Waals surface area (Å²) in [7, 11) is 0. The lowest BCUT2D eigenvalue weighted by molar-refractivity contribution is -0.105. The number of hydrogen-bond acceptors (Lipinski definition) is 4. The van der Waals surface area contributed by atoms with Crippen LogP contribution in [-0.4, -0.2) is 29.4 Å². The van der Waals surface area contributed by atoms with Crippen molar-refractivity contribution < 1.29 is 4.79 Å². The zero-order chi connectivity index (χ0) is 11.0. The molecule has 0 amide bonds. The van der Waals surface area contributed by atoms with Gasteiger partial charge in [-0.25, -0.2) is 0 Å². The van der Waals surface area contributed by atoms with Gasteiger partial charge in [0.25, 0.3) is 0 Å². The molecule has 0 aliphatic carbocycles. The molecule has 4 heteroatoms. The van der Waals surface area contributed by atoms with Crippen LogP contribution in [0.15, 0.2) is 41.0 Å². The van der Waals surface area contributed by atoms with Gasteiger partial charge >= 0.3 is 0 Å². The quantitative estimate of drug-likeness (QED) is 0.728. The van der Waals surface area contributed by atoms with E-state index in [1.54, 1.807) is 11.8 Å². The summed E-state index contributed by atoms with van der Waals surface area (Å²) < 4.78 is 0. The summed E-state index contributed by atoms with van der Waals surface area (Å²) in [5.74, 6) is 0. The fraction of sp³-hybridized carbons (Fsp3) is 0.167. The average Bonchev–Trinajstić information content (AvgIpc) is 2.89. The molecule has 0 bridgehead atoms. The van der Waals surface area contributed by atoms with Crippen molar-refractivity contribution in [1.29, 1.82) is 0 Å². The molecule has 80 valence electrons. The first kappa shape index (κ1) is 9.66. The van der Waals surface area contributed by atoms with Crippen LogP contribution in [0.2, 0.25) is 0 Å². The van der Waals surface area contributed by atoms with Crippen molar-refractivity contribution in [3.05, 3.63) is 41.6 Å². The maximum Gasteiger partial charge on any atom is 0.168 e. The highest BCUT2D eigenvalue weighted by Crippen LogP contribution is 2.41. The van der Waals surface area contributed by atoms with Gasteiger partial charge in [-0.3, -0.25) is 9.79 Å². The monoisotopic (exact) mass is 230 g/mol. The average molecular weight is 230 g/mol. The predicted octanol–water partition coefficient (Wildman–Crippen LogP) is 1.97. The molecule has 0 saturated carbocycles. The number of carbonyl (C=O) groups is 1. The zero-order valence-corrected chi connectivity index (χ0v) is 9.41. The first-order valence-corrected chi connectivity index (χ1v) is 5.96. The second kappa shape index (κ2) is 3.79. The van der Waals surface area contributed by atoms with Crippen LogP contribution in [0.3, 0.4) is 0 Å². The smallest absolute Gasteiger partial charge is 0.168 e. The Bertz CT molecular complexity index is 493. The van der Waals surface area contributed by atoms with E-state index < -0.39 is 0 Å². The third-order valence-electron chi connectivity index (χ3n) is 2.67. The summed E-state index contributed by atoms with van der Waals surface area (Å²) in [6.07, 6.45) is 0.934. The molecule has 1 aromatic carbocycles. The van der Waals surface area contributed by atoms with Crippen LogP contribution in [0.25, 0.3) is 4.91 Å². The van der Waals surface area contributed by atoms with Gasteiger partial charge in [0.1, 0.15) is 0 Å². The van der Waals surface area contributed by atoms with E-state index in [9.17, 15) is 4.79 Å². The van der Waals surface area contributed by atoms with E-state index in [4.69, 9.17) is 0 Å². The van der Waals surface area contributed by atoms with Crippen molar-refractivity contribution in [3.63, 3.8) is 0 Å². The highest BCUT2D eigenvalue weighted by molar-refractivity contribution is 8.22. The molecule has 2 heterocycles. The van der Waals surface area contributed by atoms with Gasteiger partial charge in [0.05, 0.1) is 12.2 Å². The van der Waals surface area contributed by atoms with Crippen LogP contribution in [-0.2, 0) is 4.79 Å². The molecule has 0 aromatic heterocycles.